The predicted octanol–water partition coefficient (Wildman–Crippen LogP) is 7.63. The van der Waals surface area contributed by atoms with E-state index in [1.807, 2.05) is 6.07 Å². The lowest BCUT2D eigenvalue weighted by Gasteiger charge is -2.28. The molecule has 31 heavy (non-hydrogen) atoms. The molecule has 0 aromatic heterocycles. The van der Waals surface area contributed by atoms with Gasteiger partial charge in [0, 0.05) is 6.42 Å². The number of carbonyl (C=O) groups excluding carboxylic acids is 1. The molecule has 2 aromatic carbocycles. The van der Waals surface area contributed by atoms with Crippen LogP contribution in [0.3, 0.4) is 0 Å². The number of benzene rings is 2. The number of cyclic esters (lactones) is 1. The van der Waals surface area contributed by atoms with Gasteiger partial charge in [-0.2, -0.15) is 0 Å². The maximum absolute atomic E-state index is 12.6. The van der Waals surface area contributed by atoms with Crippen LogP contribution in [0, 0.1) is 11.8 Å². The highest BCUT2D eigenvalue weighted by atomic mass is 16.5. The van der Waals surface area contributed by atoms with E-state index in [-0.39, 0.29) is 12.1 Å². The Kier molecular flexibility index (Phi) is 7.48. The molecule has 0 radical (unpaired) electrons. The van der Waals surface area contributed by atoms with Gasteiger partial charge in [0.15, 0.2) is 0 Å². The number of rotatable bonds is 8. The minimum Gasteiger partial charge on any atom is -0.454 e. The molecule has 4 rings (SSSR count). The Balaban J connectivity index is 1.32. The lowest BCUT2D eigenvalue weighted by Crippen LogP contribution is -2.22. The Morgan fingerprint density at radius 1 is 0.806 bits per heavy atom. The largest absolute Gasteiger partial charge is 0.454 e. The Morgan fingerprint density at radius 2 is 1.48 bits per heavy atom. The molecule has 1 atom stereocenters. The standard InChI is InChI=1S/C29H38O2/c1-3-5-21-7-9-22(10-8-21)11-12-23-13-16-25(17-14-23)28-20-26-18-15-24(6-4-2)19-27(26)29(30)31-28/h13-19,21-22,28H,3-12,20H2,1-2H3. The molecule has 2 heteroatoms. The third-order valence-corrected chi connectivity index (χ3v) is 7.44. The number of aryl methyl sites for hydroxylation is 2. The number of hydrogen-bond acceptors (Lipinski definition) is 2. The SMILES string of the molecule is CCCc1ccc2c(c1)C(=O)OC(c1ccc(CCC3CCC(CCC)CC3)cc1)C2. The highest BCUT2D eigenvalue weighted by Gasteiger charge is 2.27. The van der Waals surface area contributed by atoms with Gasteiger partial charge in [0.2, 0.25) is 0 Å². The zero-order chi connectivity index (χ0) is 21.6. The summed E-state index contributed by atoms with van der Waals surface area (Å²) in [7, 11) is 0. The van der Waals surface area contributed by atoms with Crippen LogP contribution in [0.25, 0.3) is 0 Å². The van der Waals surface area contributed by atoms with E-state index in [1.54, 1.807) is 0 Å². The molecule has 1 saturated carbocycles. The zero-order valence-electron chi connectivity index (χ0n) is 19.4. The highest BCUT2D eigenvalue weighted by Crippen LogP contribution is 2.34. The summed E-state index contributed by atoms with van der Waals surface area (Å²) < 4.78 is 5.82. The molecule has 166 valence electrons. The van der Waals surface area contributed by atoms with Gasteiger partial charge in [0.25, 0.3) is 0 Å². The van der Waals surface area contributed by atoms with E-state index in [4.69, 9.17) is 4.74 Å². The van der Waals surface area contributed by atoms with E-state index in [1.165, 1.54) is 56.1 Å². The van der Waals surface area contributed by atoms with Crippen molar-refractivity contribution in [2.45, 2.75) is 90.6 Å². The van der Waals surface area contributed by atoms with Crippen LogP contribution in [0.2, 0.25) is 0 Å². The smallest absolute Gasteiger partial charge is 0.339 e. The van der Waals surface area contributed by atoms with E-state index < -0.39 is 0 Å². The van der Waals surface area contributed by atoms with Gasteiger partial charge >= 0.3 is 5.97 Å². The average Bonchev–Trinajstić information content (AvgIpc) is 2.80. The molecule has 0 saturated heterocycles. The van der Waals surface area contributed by atoms with E-state index in [9.17, 15) is 4.79 Å². The highest BCUT2D eigenvalue weighted by molar-refractivity contribution is 5.92. The van der Waals surface area contributed by atoms with E-state index >= 15 is 0 Å². The number of ether oxygens (including phenoxy) is 1. The lowest BCUT2D eigenvalue weighted by molar-refractivity contribution is 0.0252. The minimum atomic E-state index is -0.174. The molecule has 1 aliphatic carbocycles. The molecule has 0 bridgehead atoms. The Morgan fingerprint density at radius 3 is 2.16 bits per heavy atom. The molecular formula is C29H38O2. The van der Waals surface area contributed by atoms with E-state index in [0.717, 1.165) is 54.2 Å². The van der Waals surface area contributed by atoms with Gasteiger partial charge in [-0.05, 0) is 59.4 Å². The van der Waals surface area contributed by atoms with Gasteiger partial charge < -0.3 is 4.74 Å². The Hall–Kier alpha value is -2.09. The Labute approximate surface area is 188 Å². The summed E-state index contributed by atoms with van der Waals surface area (Å²) in [5, 5.41) is 0. The van der Waals surface area contributed by atoms with Crippen molar-refractivity contribution in [1.29, 1.82) is 0 Å². The van der Waals surface area contributed by atoms with Crippen molar-refractivity contribution in [3.63, 3.8) is 0 Å². The average molecular weight is 419 g/mol. The molecule has 0 amide bonds. The maximum Gasteiger partial charge on any atom is 0.339 e. The Bertz CT molecular complexity index is 859. The quantitative estimate of drug-likeness (QED) is 0.412. The number of esters is 1. The molecule has 1 aliphatic heterocycles. The molecule has 1 fully saturated rings. The molecule has 1 heterocycles. The first-order valence-electron chi connectivity index (χ1n) is 12.6. The first-order chi connectivity index (χ1) is 15.2. The van der Waals surface area contributed by atoms with Gasteiger partial charge in [-0.1, -0.05) is 95.2 Å². The van der Waals surface area contributed by atoms with Crippen molar-refractivity contribution in [2.75, 3.05) is 0 Å². The zero-order valence-corrected chi connectivity index (χ0v) is 19.4. The summed E-state index contributed by atoms with van der Waals surface area (Å²) in [6, 6.07) is 15.1. The van der Waals surface area contributed by atoms with Crippen LogP contribution >= 0.6 is 0 Å². The number of hydrogen-bond donors (Lipinski definition) is 0. The summed E-state index contributed by atoms with van der Waals surface area (Å²) in [4.78, 5) is 12.6. The second-order valence-corrected chi connectivity index (χ2v) is 9.80. The van der Waals surface area contributed by atoms with Crippen LogP contribution in [0.4, 0.5) is 0 Å². The molecular weight excluding hydrogens is 380 g/mol. The van der Waals surface area contributed by atoms with Crippen LogP contribution in [0.1, 0.15) is 104 Å². The van der Waals surface area contributed by atoms with Crippen molar-refractivity contribution in [1.82, 2.24) is 0 Å². The molecule has 0 N–H and O–H groups in total. The first kappa shape index (κ1) is 22.1. The summed E-state index contributed by atoms with van der Waals surface area (Å²) in [5.74, 6) is 1.72. The van der Waals surface area contributed by atoms with Crippen LogP contribution in [0.5, 0.6) is 0 Å². The number of carbonyl (C=O) groups is 1. The second kappa shape index (κ2) is 10.5. The van der Waals surface area contributed by atoms with Crippen molar-refractivity contribution < 1.29 is 9.53 Å². The fourth-order valence-electron chi connectivity index (χ4n) is 5.54. The van der Waals surface area contributed by atoms with Crippen LogP contribution in [-0.4, -0.2) is 5.97 Å². The van der Waals surface area contributed by atoms with Gasteiger partial charge in [-0.15, -0.1) is 0 Å². The number of fused-ring (bicyclic) bond motifs is 1. The second-order valence-electron chi connectivity index (χ2n) is 9.80. The molecule has 2 nitrogen and oxygen atoms in total. The van der Waals surface area contributed by atoms with Gasteiger partial charge in [-0.25, -0.2) is 4.79 Å². The normalized spacial score (nSPS) is 23.3. The van der Waals surface area contributed by atoms with Crippen molar-refractivity contribution in [3.8, 4) is 0 Å². The van der Waals surface area contributed by atoms with Crippen molar-refractivity contribution in [3.05, 3.63) is 70.3 Å². The molecule has 0 spiro atoms. The lowest BCUT2D eigenvalue weighted by atomic mass is 9.78. The molecule has 2 aliphatic rings. The van der Waals surface area contributed by atoms with Crippen LogP contribution in [0.15, 0.2) is 42.5 Å². The van der Waals surface area contributed by atoms with Gasteiger partial charge in [-0.3, -0.25) is 0 Å². The third kappa shape index (κ3) is 5.59. The maximum atomic E-state index is 12.6. The van der Waals surface area contributed by atoms with Crippen LogP contribution < -0.4 is 0 Å². The first-order valence-corrected chi connectivity index (χ1v) is 12.6. The van der Waals surface area contributed by atoms with Gasteiger partial charge in [0.05, 0.1) is 5.56 Å². The summed E-state index contributed by atoms with van der Waals surface area (Å²) in [6.45, 7) is 4.47. The van der Waals surface area contributed by atoms with Crippen LogP contribution in [-0.2, 0) is 24.0 Å². The van der Waals surface area contributed by atoms with Gasteiger partial charge in [0.1, 0.15) is 6.10 Å². The molecule has 1 unspecified atom stereocenters. The van der Waals surface area contributed by atoms with E-state index in [0.29, 0.717) is 0 Å². The summed E-state index contributed by atoms with van der Waals surface area (Å²) in [6.07, 6.45) is 13.6. The topological polar surface area (TPSA) is 26.3 Å². The predicted molar refractivity (Wildman–Crippen MR) is 127 cm³/mol. The summed E-state index contributed by atoms with van der Waals surface area (Å²) in [5.41, 5.74) is 5.61. The fourth-order valence-corrected chi connectivity index (χ4v) is 5.54. The monoisotopic (exact) mass is 418 g/mol. The summed E-state index contributed by atoms with van der Waals surface area (Å²) >= 11 is 0. The van der Waals surface area contributed by atoms with Crippen molar-refractivity contribution >= 4 is 5.97 Å². The molecule has 2 aromatic rings. The van der Waals surface area contributed by atoms with Crippen molar-refractivity contribution in [2.24, 2.45) is 11.8 Å². The van der Waals surface area contributed by atoms with E-state index in [2.05, 4.69) is 50.2 Å². The minimum absolute atomic E-state index is 0.167. The fraction of sp³-hybridized carbons (Fsp3) is 0.552. The third-order valence-electron chi connectivity index (χ3n) is 7.44.